The molecule has 2 unspecified atom stereocenters. The summed E-state index contributed by atoms with van der Waals surface area (Å²) in [7, 11) is 1.99. The normalized spacial score (nSPS) is 20.7. The van der Waals surface area contributed by atoms with Gasteiger partial charge in [-0.15, -0.1) is 0 Å². The number of nitrogens with one attached hydrogen (secondary N) is 2. The standard InChI is InChI=1S/C18H29N3O3/c1-12-6-9-15(21(12)5)11-19-16(22)13-7-8-14(10-13)20-17(23)24-18(2,3)4/h6,9,13-14H,7-8,10-11H2,1-5H3,(H,19,22)(H,20,23). The highest BCUT2D eigenvalue weighted by molar-refractivity contribution is 5.79. The molecule has 24 heavy (non-hydrogen) atoms. The van der Waals surface area contributed by atoms with Crippen LogP contribution in [0.5, 0.6) is 0 Å². The van der Waals surface area contributed by atoms with Crippen molar-refractivity contribution in [2.75, 3.05) is 0 Å². The third kappa shape index (κ3) is 5.01. The van der Waals surface area contributed by atoms with Crippen LogP contribution in [0.1, 0.15) is 51.4 Å². The number of rotatable bonds is 4. The highest BCUT2D eigenvalue weighted by atomic mass is 16.6. The van der Waals surface area contributed by atoms with Crippen LogP contribution in [0.2, 0.25) is 0 Å². The molecular weight excluding hydrogens is 306 g/mol. The van der Waals surface area contributed by atoms with Crippen LogP contribution in [0.25, 0.3) is 0 Å². The Bertz CT molecular complexity index is 601. The second-order valence-electron chi connectivity index (χ2n) is 7.60. The highest BCUT2D eigenvalue weighted by Gasteiger charge is 2.31. The fraction of sp³-hybridized carbons (Fsp3) is 0.667. The van der Waals surface area contributed by atoms with Gasteiger partial charge in [0.05, 0.1) is 6.54 Å². The zero-order chi connectivity index (χ0) is 17.9. The third-order valence-corrected chi connectivity index (χ3v) is 4.44. The molecule has 2 atom stereocenters. The Labute approximate surface area is 143 Å². The number of aryl methyl sites for hydroxylation is 1. The van der Waals surface area contributed by atoms with Gasteiger partial charge in [-0.3, -0.25) is 4.79 Å². The molecule has 0 radical (unpaired) electrons. The summed E-state index contributed by atoms with van der Waals surface area (Å²) in [5, 5.41) is 5.86. The van der Waals surface area contributed by atoms with E-state index in [1.807, 2.05) is 46.9 Å². The quantitative estimate of drug-likeness (QED) is 0.888. The Morgan fingerprint density at radius 1 is 1.29 bits per heavy atom. The van der Waals surface area contributed by atoms with Crippen molar-refractivity contribution >= 4 is 12.0 Å². The fourth-order valence-corrected chi connectivity index (χ4v) is 2.99. The van der Waals surface area contributed by atoms with Crippen molar-refractivity contribution in [3.63, 3.8) is 0 Å². The monoisotopic (exact) mass is 335 g/mol. The number of alkyl carbamates (subject to hydrolysis) is 1. The van der Waals surface area contributed by atoms with E-state index in [0.29, 0.717) is 13.0 Å². The summed E-state index contributed by atoms with van der Waals surface area (Å²) in [4.78, 5) is 24.1. The number of aromatic nitrogens is 1. The molecule has 134 valence electrons. The minimum Gasteiger partial charge on any atom is -0.444 e. The van der Waals surface area contributed by atoms with Crippen molar-refractivity contribution in [1.82, 2.24) is 15.2 Å². The van der Waals surface area contributed by atoms with Crippen molar-refractivity contribution in [3.05, 3.63) is 23.5 Å². The Morgan fingerprint density at radius 3 is 2.58 bits per heavy atom. The molecule has 0 bridgehead atoms. The molecule has 1 aliphatic rings. The van der Waals surface area contributed by atoms with Crippen LogP contribution in [0.4, 0.5) is 4.79 Å². The van der Waals surface area contributed by atoms with Crippen molar-refractivity contribution in [2.45, 2.75) is 65.1 Å². The number of nitrogens with zero attached hydrogens (tertiary/aromatic N) is 1. The van der Waals surface area contributed by atoms with Gasteiger partial charge in [-0.2, -0.15) is 0 Å². The summed E-state index contributed by atoms with van der Waals surface area (Å²) < 4.78 is 7.33. The third-order valence-electron chi connectivity index (χ3n) is 4.44. The van der Waals surface area contributed by atoms with E-state index in [1.54, 1.807) is 0 Å². The van der Waals surface area contributed by atoms with Crippen LogP contribution in [0.3, 0.4) is 0 Å². The van der Waals surface area contributed by atoms with Crippen molar-refractivity contribution in [2.24, 2.45) is 13.0 Å². The molecule has 1 aromatic rings. The second-order valence-corrected chi connectivity index (χ2v) is 7.60. The molecule has 6 nitrogen and oxygen atoms in total. The first-order valence-electron chi connectivity index (χ1n) is 8.54. The van der Waals surface area contributed by atoms with Crippen molar-refractivity contribution in [1.29, 1.82) is 0 Å². The van der Waals surface area contributed by atoms with E-state index in [2.05, 4.69) is 15.2 Å². The van der Waals surface area contributed by atoms with Gasteiger partial charge >= 0.3 is 6.09 Å². The van der Waals surface area contributed by atoms with Gasteiger partial charge in [-0.1, -0.05) is 0 Å². The van der Waals surface area contributed by atoms with Crippen LogP contribution in [-0.4, -0.2) is 28.2 Å². The molecule has 2 N–H and O–H groups in total. The van der Waals surface area contributed by atoms with Crippen LogP contribution in [0.15, 0.2) is 12.1 Å². The number of carbonyl (C=O) groups excluding carboxylic acids is 2. The zero-order valence-corrected chi connectivity index (χ0v) is 15.3. The Balaban J connectivity index is 1.77. The maximum absolute atomic E-state index is 12.3. The highest BCUT2D eigenvalue weighted by Crippen LogP contribution is 2.26. The predicted molar refractivity (Wildman–Crippen MR) is 92.5 cm³/mol. The van der Waals surface area contributed by atoms with E-state index in [-0.39, 0.29) is 17.9 Å². The SMILES string of the molecule is Cc1ccc(CNC(=O)C2CCC(NC(=O)OC(C)(C)C)C2)n1C. The summed E-state index contributed by atoms with van der Waals surface area (Å²) in [6.07, 6.45) is 1.85. The molecular formula is C18H29N3O3. The van der Waals surface area contributed by atoms with Gasteiger partial charge in [-0.25, -0.2) is 4.79 Å². The minimum absolute atomic E-state index is 0.00730. The average Bonchev–Trinajstić information content (AvgIpc) is 3.03. The average molecular weight is 335 g/mol. The molecule has 1 heterocycles. The zero-order valence-electron chi connectivity index (χ0n) is 15.3. The largest absolute Gasteiger partial charge is 0.444 e. The lowest BCUT2D eigenvalue weighted by Gasteiger charge is -2.21. The van der Waals surface area contributed by atoms with Gasteiger partial charge in [-0.05, 0) is 59.1 Å². The molecule has 2 rings (SSSR count). The predicted octanol–water partition coefficient (Wildman–Crippen LogP) is 2.64. The Kier molecular flexibility index (Phi) is 5.57. The van der Waals surface area contributed by atoms with Gasteiger partial charge in [0.1, 0.15) is 5.60 Å². The molecule has 0 spiro atoms. The summed E-state index contributed by atoms with van der Waals surface area (Å²) in [5.41, 5.74) is 1.75. The smallest absolute Gasteiger partial charge is 0.407 e. The van der Waals surface area contributed by atoms with Gasteiger partial charge in [0, 0.05) is 30.4 Å². The summed E-state index contributed by atoms with van der Waals surface area (Å²) >= 11 is 0. The maximum Gasteiger partial charge on any atom is 0.407 e. The van der Waals surface area contributed by atoms with E-state index in [4.69, 9.17) is 4.74 Å². The Morgan fingerprint density at radius 2 is 2.00 bits per heavy atom. The number of hydrogen-bond donors (Lipinski definition) is 2. The number of carbonyl (C=O) groups is 2. The van der Waals surface area contributed by atoms with Crippen molar-refractivity contribution in [3.8, 4) is 0 Å². The molecule has 1 saturated carbocycles. The van der Waals surface area contributed by atoms with Crippen molar-refractivity contribution < 1.29 is 14.3 Å². The van der Waals surface area contributed by atoms with E-state index < -0.39 is 11.7 Å². The first-order valence-corrected chi connectivity index (χ1v) is 8.54. The fourth-order valence-electron chi connectivity index (χ4n) is 2.99. The lowest BCUT2D eigenvalue weighted by atomic mass is 10.1. The lowest BCUT2D eigenvalue weighted by Crippen LogP contribution is -2.38. The Hall–Kier alpha value is -1.98. The van der Waals surface area contributed by atoms with Gasteiger partial charge < -0.3 is 19.9 Å². The molecule has 1 aliphatic carbocycles. The van der Waals surface area contributed by atoms with E-state index in [1.165, 1.54) is 5.69 Å². The van der Waals surface area contributed by atoms with E-state index >= 15 is 0 Å². The van der Waals surface area contributed by atoms with Gasteiger partial charge in [0.2, 0.25) is 5.91 Å². The molecule has 0 aromatic carbocycles. The summed E-state index contributed by atoms with van der Waals surface area (Å²) in [6.45, 7) is 8.08. The van der Waals surface area contributed by atoms with E-state index in [9.17, 15) is 9.59 Å². The molecule has 0 aliphatic heterocycles. The number of hydrogen-bond acceptors (Lipinski definition) is 3. The minimum atomic E-state index is -0.507. The molecule has 1 fully saturated rings. The van der Waals surface area contributed by atoms with Crippen LogP contribution in [0, 0.1) is 12.8 Å². The molecule has 0 saturated heterocycles. The maximum atomic E-state index is 12.3. The van der Waals surface area contributed by atoms with E-state index in [0.717, 1.165) is 18.5 Å². The van der Waals surface area contributed by atoms with Crippen LogP contribution < -0.4 is 10.6 Å². The summed E-state index contributed by atoms with van der Waals surface area (Å²) in [6, 6.07) is 4.07. The topological polar surface area (TPSA) is 72.4 Å². The molecule has 2 amide bonds. The second kappa shape index (κ2) is 7.28. The molecule has 1 aromatic heterocycles. The van der Waals surface area contributed by atoms with Crippen LogP contribution in [-0.2, 0) is 23.1 Å². The van der Waals surface area contributed by atoms with Gasteiger partial charge in [0.15, 0.2) is 0 Å². The summed E-state index contributed by atoms with van der Waals surface area (Å²) in [5.74, 6) is 0.00800. The molecule has 6 heteroatoms. The first kappa shape index (κ1) is 18.4. The van der Waals surface area contributed by atoms with Gasteiger partial charge in [0.25, 0.3) is 0 Å². The first-order chi connectivity index (χ1) is 11.2. The number of ether oxygens (including phenoxy) is 1. The van der Waals surface area contributed by atoms with Crippen LogP contribution >= 0.6 is 0 Å². The number of amides is 2. The lowest BCUT2D eigenvalue weighted by molar-refractivity contribution is -0.125.